The third-order valence-electron chi connectivity index (χ3n) is 3.68. The van der Waals surface area contributed by atoms with Crippen molar-refractivity contribution in [1.29, 1.82) is 0 Å². The molecule has 2 aliphatic rings. The van der Waals surface area contributed by atoms with Crippen LogP contribution in [0.2, 0.25) is 0 Å². The molecule has 0 aromatic rings. The zero-order valence-electron chi connectivity index (χ0n) is 8.75. The second-order valence-corrected chi connectivity index (χ2v) is 5.01. The third kappa shape index (κ3) is 2.08. The van der Waals surface area contributed by atoms with Crippen LogP contribution in [0.15, 0.2) is 0 Å². The minimum Gasteiger partial charge on any atom is -0.396 e. The van der Waals surface area contributed by atoms with E-state index in [0.717, 1.165) is 32.2 Å². The molecular formula is C11H19NO2. The number of hydrogen-bond acceptors (Lipinski definition) is 2. The quantitative estimate of drug-likeness (QED) is 0.688. The van der Waals surface area contributed by atoms with Crippen molar-refractivity contribution in [3.63, 3.8) is 0 Å². The molecule has 0 spiro atoms. The van der Waals surface area contributed by atoms with Gasteiger partial charge in [0.05, 0.1) is 0 Å². The van der Waals surface area contributed by atoms with Gasteiger partial charge >= 0.3 is 0 Å². The van der Waals surface area contributed by atoms with Crippen LogP contribution < -0.4 is 5.32 Å². The number of carbonyl (C=O) groups excluding carboxylic acids is 1. The van der Waals surface area contributed by atoms with Crippen LogP contribution in [0.4, 0.5) is 0 Å². The van der Waals surface area contributed by atoms with E-state index in [1.807, 2.05) is 0 Å². The van der Waals surface area contributed by atoms with E-state index >= 15 is 0 Å². The summed E-state index contributed by atoms with van der Waals surface area (Å²) in [5, 5.41) is 11.9. The number of nitrogens with one attached hydrogen (secondary N) is 1. The fourth-order valence-corrected chi connectivity index (χ4v) is 2.02. The van der Waals surface area contributed by atoms with Crippen molar-refractivity contribution in [1.82, 2.24) is 5.32 Å². The van der Waals surface area contributed by atoms with Gasteiger partial charge in [0.25, 0.3) is 0 Å². The number of aliphatic hydroxyl groups is 1. The average Bonchev–Trinajstić information content (AvgIpc) is 3.02. The molecule has 2 saturated carbocycles. The van der Waals surface area contributed by atoms with E-state index in [9.17, 15) is 4.79 Å². The highest BCUT2D eigenvalue weighted by Gasteiger charge is 2.44. The Labute approximate surface area is 84.9 Å². The third-order valence-corrected chi connectivity index (χ3v) is 3.68. The summed E-state index contributed by atoms with van der Waals surface area (Å²) in [6, 6.07) is 0. The summed E-state index contributed by atoms with van der Waals surface area (Å²) >= 11 is 0. The molecule has 0 aliphatic heterocycles. The van der Waals surface area contributed by atoms with Crippen molar-refractivity contribution in [3.8, 4) is 0 Å². The Kier molecular flexibility index (Phi) is 2.52. The molecule has 2 unspecified atom stereocenters. The Morgan fingerprint density at radius 2 is 2.21 bits per heavy atom. The van der Waals surface area contributed by atoms with Gasteiger partial charge in [-0.1, -0.05) is 6.92 Å². The van der Waals surface area contributed by atoms with E-state index < -0.39 is 0 Å². The summed E-state index contributed by atoms with van der Waals surface area (Å²) < 4.78 is 0. The molecule has 0 saturated heterocycles. The number of hydrogen-bond donors (Lipinski definition) is 2. The molecule has 0 aromatic heterocycles. The van der Waals surface area contributed by atoms with Crippen LogP contribution in [0.3, 0.4) is 0 Å². The summed E-state index contributed by atoms with van der Waals surface area (Å²) in [6.45, 7) is 3.14. The number of amides is 1. The Balaban J connectivity index is 1.69. The minimum atomic E-state index is 0.224. The lowest BCUT2D eigenvalue weighted by molar-refractivity contribution is -0.122. The summed E-state index contributed by atoms with van der Waals surface area (Å²) in [4.78, 5) is 11.5. The zero-order valence-corrected chi connectivity index (χ0v) is 8.75. The molecule has 2 rings (SSSR count). The zero-order chi connectivity index (χ0) is 10.2. The van der Waals surface area contributed by atoms with Crippen LogP contribution in [0.25, 0.3) is 0 Å². The average molecular weight is 197 g/mol. The maximum Gasteiger partial charge on any atom is 0.223 e. The van der Waals surface area contributed by atoms with Gasteiger partial charge in [0.1, 0.15) is 0 Å². The van der Waals surface area contributed by atoms with Gasteiger partial charge in [-0.15, -0.1) is 0 Å². The molecule has 0 heterocycles. The molecule has 14 heavy (non-hydrogen) atoms. The predicted octanol–water partition coefficient (Wildman–Crippen LogP) is 0.921. The van der Waals surface area contributed by atoms with Crippen LogP contribution in [0, 0.1) is 17.3 Å². The lowest BCUT2D eigenvalue weighted by atomic mass is 10.0. The Hall–Kier alpha value is -0.570. The molecule has 0 bridgehead atoms. The fraction of sp³-hybridized carbons (Fsp3) is 0.909. The Morgan fingerprint density at radius 1 is 1.57 bits per heavy atom. The topological polar surface area (TPSA) is 49.3 Å². The van der Waals surface area contributed by atoms with Crippen molar-refractivity contribution < 1.29 is 9.90 Å². The summed E-state index contributed by atoms with van der Waals surface area (Å²) in [5.41, 5.74) is 0.253. The van der Waals surface area contributed by atoms with Gasteiger partial charge in [-0.05, 0) is 37.0 Å². The fourth-order valence-electron chi connectivity index (χ4n) is 2.02. The maximum atomic E-state index is 11.5. The van der Waals surface area contributed by atoms with Gasteiger partial charge in [0.2, 0.25) is 5.91 Å². The van der Waals surface area contributed by atoms with Gasteiger partial charge in [-0.25, -0.2) is 0 Å². The molecule has 1 amide bonds. The first kappa shape index (κ1) is 9.97. The normalized spacial score (nSPS) is 32.4. The van der Waals surface area contributed by atoms with Gasteiger partial charge in [-0.3, -0.25) is 4.79 Å². The van der Waals surface area contributed by atoms with E-state index in [1.165, 1.54) is 0 Å². The molecule has 3 nitrogen and oxygen atoms in total. The predicted molar refractivity (Wildman–Crippen MR) is 53.7 cm³/mol. The molecule has 3 heteroatoms. The van der Waals surface area contributed by atoms with Gasteiger partial charge in [-0.2, -0.15) is 0 Å². The lowest BCUT2D eigenvalue weighted by Gasteiger charge is -2.14. The van der Waals surface area contributed by atoms with Crippen molar-refractivity contribution in [2.45, 2.75) is 32.6 Å². The van der Waals surface area contributed by atoms with E-state index in [4.69, 9.17) is 5.11 Å². The van der Waals surface area contributed by atoms with Crippen molar-refractivity contribution in [2.24, 2.45) is 17.3 Å². The first-order chi connectivity index (χ1) is 6.67. The Morgan fingerprint density at radius 3 is 2.64 bits per heavy atom. The summed E-state index contributed by atoms with van der Waals surface area (Å²) in [6.07, 6.45) is 4.22. The summed E-state index contributed by atoms with van der Waals surface area (Å²) in [5.74, 6) is 1.09. The van der Waals surface area contributed by atoms with Crippen LogP contribution >= 0.6 is 0 Å². The highest BCUT2D eigenvalue weighted by atomic mass is 16.3. The smallest absolute Gasteiger partial charge is 0.223 e. The molecule has 0 aromatic carbocycles. The van der Waals surface area contributed by atoms with Crippen LogP contribution in [0.1, 0.15) is 32.6 Å². The standard InChI is InChI=1S/C11H19NO2/c1-8-6-9(8)10(14)12-7-11(2-3-11)4-5-13/h8-9,13H,2-7H2,1H3,(H,12,14). The largest absolute Gasteiger partial charge is 0.396 e. The van der Waals surface area contributed by atoms with Gasteiger partial charge in [0.15, 0.2) is 0 Å². The molecule has 80 valence electrons. The number of aliphatic hydroxyl groups excluding tert-OH is 1. The molecule has 0 radical (unpaired) electrons. The summed E-state index contributed by atoms with van der Waals surface area (Å²) in [7, 11) is 0. The molecule has 2 atom stereocenters. The number of carbonyl (C=O) groups is 1. The van der Waals surface area contributed by atoms with E-state index in [0.29, 0.717) is 5.92 Å². The Bertz CT molecular complexity index is 235. The molecule has 2 N–H and O–H groups in total. The lowest BCUT2D eigenvalue weighted by Crippen LogP contribution is -2.32. The second kappa shape index (κ2) is 3.54. The van der Waals surface area contributed by atoms with E-state index in [2.05, 4.69) is 12.2 Å². The second-order valence-electron chi connectivity index (χ2n) is 5.01. The first-order valence-corrected chi connectivity index (χ1v) is 5.55. The van der Waals surface area contributed by atoms with Crippen molar-refractivity contribution >= 4 is 5.91 Å². The number of rotatable bonds is 5. The monoisotopic (exact) mass is 197 g/mol. The van der Waals surface area contributed by atoms with E-state index in [1.54, 1.807) is 0 Å². The molecule has 2 aliphatic carbocycles. The van der Waals surface area contributed by atoms with Crippen LogP contribution in [-0.2, 0) is 4.79 Å². The molecule has 2 fully saturated rings. The minimum absolute atomic E-state index is 0.224. The molecular weight excluding hydrogens is 178 g/mol. The van der Waals surface area contributed by atoms with Gasteiger partial charge < -0.3 is 10.4 Å². The van der Waals surface area contributed by atoms with Crippen molar-refractivity contribution in [2.75, 3.05) is 13.2 Å². The first-order valence-electron chi connectivity index (χ1n) is 5.55. The van der Waals surface area contributed by atoms with Crippen molar-refractivity contribution in [3.05, 3.63) is 0 Å². The van der Waals surface area contributed by atoms with E-state index in [-0.39, 0.29) is 23.8 Å². The SMILES string of the molecule is CC1CC1C(=O)NCC1(CCO)CC1. The highest BCUT2D eigenvalue weighted by molar-refractivity contribution is 5.81. The van der Waals surface area contributed by atoms with Crippen LogP contribution in [-0.4, -0.2) is 24.2 Å². The van der Waals surface area contributed by atoms with Gasteiger partial charge in [0, 0.05) is 19.1 Å². The van der Waals surface area contributed by atoms with Crippen LogP contribution in [0.5, 0.6) is 0 Å². The highest BCUT2D eigenvalue weighted by Crippen LogP contribution is 2.48. The maximum absolute atomic E-state index is 11.5.